The second-order valence-corrected chi connectivity index (χ2v) is 5.22. The number of rotatable bonds is 2. The summed E-state index contributed by atoms with van der Waals surface area (Å²) >= 11 is 0. The molecule has 7 heteroatoms. The molecule has 23 heavy (non-hydrogen) atoms. The van der Waals surface area contributed by atoms with Gasteiger partial charge in [-0.25, -0.2) is 4.98 Å². The van der Waals surface area contributed by atoms with E-state index < -0.39 is 29.0 Å². The van der Waals surface area contributed by atoms with Gasteiger partial charge in [0.05, 0.1) is 28.1 Å². The monoisotopic (exact) mass is 324 g/mol. The summed E-state index contributed by atoms with van der Waals surface area (Å²) in [6.07, 6.45) is 0.0680. The number of Topliss-reactive ketones (excluding diaryl/α,β-unsaturated/α-hetero) is 1. The number of fused-ring (bicyclic) bond motifs is 1. The summed E-state index contributed by atoms with van der Waals surface area (Å²) in [5, 5.41) is 0. The van der Waals surface area contributed by atoms with Gasteiger partial charge in [-0.1, -0.05) is 6.08 Å². The van der Waals surface area contributed by atoms with E-state index in [0.29, 0.717) is 6.42 Å². The Bertz CT molecular complexity index is 818. The van der Waals surface area contributed by atoms with Gasteiger partial charge in [0.1, 0.15) is 0 Å². The van der Waals surface area contributed by atoms with Gasteiger partial charge in [0, 0.05) is 12.7 Å². The first-order chi connectivity index (χ1) is 10.8. The second kappa shape index (κ2) is 5.33. The smallest absolute Gasteiger partial charge is 0.339 e. The lowest BCUT2D eigenvalue weighted by Crippen LogP contribution is -2.12. The molecule has 0 aromatic carbocycles. The Labute approximate surface area is 129 Å². The highest BCUT2D eigenvalue weighted by Gasteiger charge is 2.43. The predicted octanol–water partition coefficient (Wildman–Crippen LogP) is 4.33. The minimum absolute atomic E-state index is 0.161. The van der Waals surface area contributed by atoms with Gasteiger partial charge >= 0.3 is 6.18 Å². The van der Waals surface area contributed by atoms with Gasteiger partial charge in [-0.3, -0.25) is 4.79 Å². The van der Waals surface area contributed by atoms with Crippen molar-refractivity contribution >= 4 is 11.9 Å². The number of halogens is 4. The first-order valence-electron chi connectivity index (χ1n) is 6.94. The van der Waals surface area contributed by atoms with Crippen molar-refractivity contribution in [3.05, 3.63) is 47.2 Å². The lowest BCUT2D eigenvalue weighted by Gasteiger charge is -2.16. The van der Waals surface area contributed by atoms with Gasteiger partial charge in [-0.05, 0) is 31.6 Å². The first-order valence-corrected chi connectivity index (χ1v) is 6.94. The van der Waals surface area contributed by atoms with E-state index in [4.69, 9.17) is 0 Å². The SMILES string of the molecule is CC(=O)c1c(C(F)(F)F)c(-c2cccnc2F)n2c1C=CCC2. The molecule has 2 aromatic heterocycles. The molecule has 0 amide bonds. The zero-order valence-electron chi connectivity index (χ0n) is 12.1. The summed E-state index contributed by atoms with van der Waals surface area (Å²) in [6.45, 7) is 1.32. The molecule has 0 bridgehead atoms. The maximum Gasteiger partial charge on any atom is 0.419 e. The number of ketones is 1. The Morgan fingerprint density at radius 1 is 1.35 bits per heavy atom. The zero-order chi connectivity index (χ0) is 16.8. The van der Waals surface area contributed by atoms with Crippen LogP contribution in [0.1, 0.15) is 35.0 Å². The number of allylic oxidation sites excluding steroid dienone is 1. The van der Waals surface area contributed by atoms with Crippen LogP contribution in [0, 0.1) is 5.95 Å². The summed E-state index contributed by atoms with van der Waals surface area (Å²) < 4.78 is 56.3. The maximum absolute atomic E-state index is 14.0. The van der Waals surface area contributed by atoms with Crippen LogP contribution in [0.25, 0.3) is 17.3 Å². The van der Waals surface area contributed by atoms with Crippen molar-refractivity contribution in [2.75, 3.05) is 0 Å². The molecule has 120 valence electrons. The highest BCUT2D eigenvalue weighted by atomic mass is 19.4. The fourth-order valence-electron chi connectivity index (χ4n) is 2.92. The van der Waals surface area contributed by atoms with E-state index in [2.05, 4.69) is 4.98 Å². The summed E-state index contributed by atoms with van der Waals surface area (Å²) in [5.41, 5.74) is -1.96. The fraction of sp³-hybridized carbons (Fsp3) is 0.250. The van der Waals surface area contributed by atoms with Crippen molar-refractivity contribution in [3.8, 4) is 11.3 Å². The topological polar surface area (TPSA) is 34.9 Å². The molecular weight excluding hydrogens is 312 g/mol. The number of carbonyl (C=O) groups excluding carboxylic acids is 1. The molecule has 0 radical (unpaired) electrons. The number of carbonyl (C=O) groups is 1. The summed E-state index contributed by atoms with van der Waals surface area (Å²) in [4.78, 5) is 15.3. The number of nitrogens with zero attached hydrogens (tertiary/aromatic N) is 2. The van der Waals surface area contributed by atoms with E-state index >= 15 is 0 Å². The molecule has 0 atom stereocenters. The van der Waals surface area contributed by atoms with Gasteiger partial charge in [0.15, 0.2) is 5.78 Å². The molecule has 3 rings (SSSR count). The van der Waals surface area contributed by atoms with Crippen LogP contribution in [0.15, 0.2) is 24.4 Å². The van der Waals surface area contributed by atoms with Crippen molar-refractivity contribution in [2.24, 2.45) is 0 Å². The maximum atomic E-state index is 14.0. The van der Waals surface area contributed by atoms with Gasteiger partial charge in [-0.2, -0.15) is 17.6 Å². The summed E-state index contributed by atoms with van der Waals surface area (Å²) in [6, 6.07) is 2.60. The molecule has 0 N–H and O–H groups in total. The fourth-order valence-corrected chi connectivity index (χ4v) is 2.92. The molecule has 3 heterocycles. The van der Waals surface area contributed by atoms with Crippen molar-refractivity contribution < 1.29 is 22.4 Å². The largest absolute Gasteiger partial charge is 0.419 e. The van der Waals surface area contributed by atoms with E-state index in [1.54, 1.807) is 6.08 Å². The molecule has 0 unspecified atom stereocenters. The van der Waals surface area contributed by atoms with Gasteiger partial charge in [-0.15, -0.1) is 0 Å². The third-order valence-corrected chi connectivity index (χ3v) is 3.75. The third-order valence-electron chi connectivity index (χ3n) is 3.75. The van der Waals surface area contributed by atoms with Gasteiger partial charge in [0.2, 0.25) is 5.95 Å². The van der Waals surface area contributed by atoms with E-state index in [9.17, 15) is 22.4 Å². The molecule has 0 saturated heterocycles. The Morgan fingerprint density at radius 3 is 2.70 bits per heavy atom. The molecule has 0 fully saturated rings. The molecule has 0 aliphatic carbocycles. The molecule has 1 aliphatic heterocycles. The third kappa shape index (κ3) is 2.46. The van der Waals surface area contributed by atoms with Crippen LogP contribution in [-0.4, -0.2) is 15.3 Å². The number of hydrogen-bond acceptors (Lipinski definition) is 2. The van der Waals surface area contributed by atoms with Crippen molar-refractivity contribution in [2.45, 2.75) is 26.1 Å². The first kappa shape index (κ1) is 15.5. The van der Waals surface area contributed by atoms with Crippen molar-refractivity contribution in [1.82, 2.24) is 9.55 Å². The minimum Gasteiger partial charge on any atom is -0.339 e. The van der Waals surface area contributed by atoms with E-state index in [-0.39, 0.29) is 23.5 Å². The van der Waals surface area contributed by atoms with Crippen molar-refractivity contribution in [3.63, 3.8) is 0 Å². The molecular formula is C16H12F4N2O. The Morgan fingerprint density at radius 2 is 2.09 bits per heavy atom. The zero-order valence-corrected chi connectivity index (χ0v) is 12.1. The Hall–Kier alpha value is -2.44. The number of hydrogen-bond donors (Lipinski definition) is 0. The van der Waals surface area contributed by atoms with Crippen LogP contribution >= 0.6 is 0 Å². The normalized spacial score (nSPS) is 14.0. The molecule has 3 nitrogen and oxygen atoms in total. The van der Waals surface area contributed by atoms with Gasteiger partial charge < -0.3 is 4.57 Å². The van der Waals surface area contributed by atoms with Crippen LogP contribution in [0.5, 0.6) is 0 Å². The van der Waals surface area contributed by atoms with Crippen LogP contribution in [-0.2, 0) is 12.7 Å². The average Bonchev–Trinajstić information content (AvgIpc) is 2.83. The highest BCUT2D eigenvalue weighted by Crippen LogP contribution is 2.44. The standard InChI is InChI=1S/C16H12F4N2O/c1-9(23)12-11-6-2-3-8-22(11)14(13(12)16(18,19)20)10-5-4-7-21-15(10)17/h2,4-7H,3,8H2,1H3. The summed E-state index contributed by atoms with van der Waals surface area (Å²) in [5.74, 6) is -1.70. The minimum atomic E-state index is -4.78. The summed E-state index contributed by atoms with van der Waals surface area (Å²) in [7, 11) is 0. The lowest BCUT2D eigenvalue weighted by molar-refractivity contribution is -0.137. The Balaban J connectivity index is 2.46. The van der Waals surface area contributed by atoms with Gasteiger partial charge in [0.25, 0.3) is 0 Å². The van der Waals surface area contributed by atoms with Crippen LogP contribution < -0.4 is 0 Å². The van der Waals surface area contributed by atoms with Crippen LogP contribution in [0.4, 0.5) is 17.6 Å². The van der Waals surface area contributed by atoms with Crippen LogP contribution in [0.2, 0.25) is 0 Å². The van der Waals surface area contributed by atoms with Crippen molar-refractivity contribution in [1.29, 1.82) is 0 Å². The van der Waals surface area contributed by atoms with E-state index in [0.717, 1.165) is 13.1 Å². The van der Waals surface area contributed by atoms with E-state index in [1.807, 2.05) is 0 Å². The quantitative estimate of drug-likeness (QED) is 0.468. The molecule has 0 spiro atoms. The Kier molecular flexibility index (Phi) is 3.58. The molecule has 2 aromatic rings. The molecule has 0 saturated carbocycles. The highest BCUT2D eigenvalue weighted by molar-refractivity contribution is 6.01. The lowest BCUT2D eigenvalue weighted by atomic mass is 10.0. The van der Waals surface area contributed by atoms with E-state index in [1.165, 1.54) is 22.8 Å². The second-order valence-electron chi connectivity index (χ2n) is 5.22. The number of alkyl halides is 3. The van der Waals surface area contributed by atoms with Crippen LogP contribution in [0.3, 0.4) is 0 Å². The number of pyridine rings is 1. The number of aromatic nitrogens is 2. The average molecular weight is 324 g/mol. The molecule has 1 aliphatic rings. The predicted molar refractivity (Wildman–Crippen MR) is 76.3 cm³/mol.